The van der Waals surface area contributed by atoms with Crippen LogP contribution < -0.4 is 5.32 Å². The van der Waals surface area contributed by atoms with Crippen LogP contribution in [0.25, 0.3) is 0 Å². The lowest BCUT2D eigenvalue weighted by Gasteiger charge is -2.18. The molecule has 12 heavy (non-hydrogen) atoms. The Morgan fingerprint density at radius 2 is 2.17 bits per heavy atom. The van der Waals surface area contributed by atoms with Crippen LogP contribution in [0.2, 0.25) is 0 Å². The van der Waals surface area contributed by atoms with E-state index in [0.717, 1.165) is 0 Å². The molecule has 0 aromatic heterocycles. The van der Waals surface area contributed by atoms with Gasteiger partial charge in [0.25, 0.3) is 0 Å². The molecule has 0 radical (unpaired) electrons. The number of hydrogen-bond donors (Lipinski definition) is 2. The minimum Gasteiger partial charge on any atom is -0.383 e. The zero-order valence-electron chi connectivity index (χ0n) is 6.06. The smallest absolute Gasteiger partial charge is 0.383 e. The van der Waals surface area contributed by atoms with Gasteiger partial charge in [-0.15, -0.1) is 0 Å². The lowest BCUT2D eigenvalue weighted by molar-refractivity contribution is -0.217. The summed E-state index contributed by atoms with van der Waals surface area (Å²) in [5.41, 5.74) is 0. The first-order valence-corrected chi connectivity index (χ1v) is 3.42. The number of halogens is 3. The van der Waals surface area contributed by atoms with Gasteiger partial charge in [-0.1, -0.05) is 0 Å². The molecule has 1 rings (SSSR count). The molecule has 1 aliphatic rings. The van der Waals surface area contributed by atoms with Crippen LogP contribution in [0.3, 0.4) is 0 Å². The fourth-order valence-electron chi connectivity index (χ4n) is 1.12. The summed E-state index contributed by atoms with van der Waals surface area (Å²) >= 11 is 0. The Morgan fingerprint density at radius 1 is 1.58 bits per heavy atom. The SMILES string of the molecule is O=C1C[C@@H](C(O)C(F)(F)F)CN1. The lowest BCUT2D eigenvalue weighted by Crippen LogP contribution is -2.36. The fourth-order valence-corrected chi connectivity index (χ4v) is 1.12. The van der Waals surface area contributed by atoms with Gasteiger partial charge < -0.3 is 10.4 Å². The Morgan fingerprint density at radius 3 is 2.50 bits per heavy atom. The van der Waals surface area contributed by atoms with Crippen molar-refractivity contribution >= 4 is 5.91 Å². The Kier molecular flexibility index (Phi) is 2.27. The molecule has 0 aliphatic carbocycles. The minimum atomic E-state index is -4.63. The number of carbonyl (C=O) groups excluding carboxylic acids is 1. The van der Waals surface area contributed by atoms with E-state index < -0.39 is 24.1 Å². The monoisotopic (exact) mass is 183 g/mol. The maximum Gasteiger partial charge on any atom is 0.414 e. The summed E-state index contributed by atoms with van der Waals surface area (Å²) in [5.74, 6) is -1.47. The molecule has 3 nitrogen and oxygen atoms in total. The Hall–Kier alpha value is -0.780. The molecule has 0 bridgehead atoms. The average molecular weight is 183 g/mol. The molecular formula is C6H8F3NO2. The predicted octanol–water partition coefficient (Wildman–Crippen LogP) is 0.0457. The number of aliphatic hydroxyl groups excluding tert-OH is 1. The molecule has 1 unspecified atom stereocenters. The van der Waals surface area contributed by atoms with E-state index in [4.69, 9.17) is 5.11 Å². The normalized spacial score (nSPS) is 27.0. The van der Waals surface area contributed by atoms with Crippen molar-refractivity contribution in [1.29, 1.82) is 0 Å². The van der Waals surface area contributed by atoms with Crippen molar-refractivity contribution in [2.24, 2.45) is 5.92 Å². The summed E-state index contributed by atoms with van der Waals surface area (Å²) in [6.45, 7) is -0.0977. The summed E-state index contributed by atoms with van der Waals surface area (Å²) in [6, 6.07) is 0. The molecule has 1 amide bonds. The van der Waals surface area contributed by atoms with Gasteiger partial charge >= 0.3 is 6.18 Å². The van der Waals surface area contributed by atoms with Crippen molar-refractivity contribution in [2.45, 2.75) is 18.7 Å². The van der Waals surface area contributed by atoms with E-state index in [0.29, 0.717) is 0 Å². The zero-order valence-corrected chi connectivity index (χ0v) is 6.06. The molecule has 1 fully saturated rings. The van der Waals surface area contributed by atoms with Gasteiger partial charge in [0, 0.05) is 18.9 Å². The van der Waals surface area contributed by atoms with Crippen LogP contribution in [0, 0.1) is 5.92 Å². The predicted molar refractivity (Wildman–Crippen MR) is 33.2 cm³/mol. The quantitative estimate of drug-likeness (QED) is 0.603. The number of amides is 1. The molecule has 6 heteroatoms. The van der Waals surface area contributed by atoms with Crippen LogP contribution in [-0.2, 0) is 4.79 Å². The summed E-state index contributed by atoms with van der Waals surface area (Å²) in [7, 11) is 0. The van der Waals surface area contributed by atoms with Crippen LogP contribution in [0.5, 0.6) is 0 Å². The molecule has 0 aromatic rings. The van der Waals surface area contributed by atoms with Crippen molar-refractivity contribution in [1.82, 2.24) is 5.32 Å². The van der Waals surface area contributed by atoms with Gasteiger partial charge in [-0.3, -0.25) is 4.79 Å². The largest absolute Gasteiger partial charge is 0.414 e. The standard InChI is InChI=1S/C6H8F3NO2/c7-6(8,9)5(12)3-1-4(11)10-2-3/h3,5,12H,1-2H2,(H,10,11)/t3-,5?/m1/s1. The fraction of sp³-hybridized carbons (Fsp3) is 0.833. The molecular weight excluding hydrogens is 175 g/mol. The van der Waals surface area contributed by atoms with Crippen molar-refractivity contribution in [2.75, 3.05) is 6.54 Å². The summed E-state index contributed by atoms with van der Waals surface area (Å²) in [4.78, 5) is 10.5. The second-order valence-corrected chi connectivity index (χ2v) is 2.75. The molecule has 70 valence electrons. The first-order valence-electron chi connectivity index (χ1n) is 3.42. The highest BCUT2D eigenvalue weighted by Crippen LogP contribution is 2.28. The third-order valence-corrected chi connectivity index (χ3v) is 1.79. The van der Waals surface area contributed by atoms with Gasteiger partial charge in [0.15, 0.2) is 6.10 Å². The van der Waals surface area contributed by atoms with Gasteiger partial charge in [0.2, 0.25) is 5.91 Å². The first-order chi connectivity index (χ1) is 5.41. The third-order valence-electron chi connectivity index (χ3n) is 1.79. The van der Waals surface area contributed by atoms with Crippen molar-refractivity contribution < 1.29 is 23.1 Å². The maximum absolute atomic E-state index is 11.8. The van der Waals surface area contributed by atoms with E-state index in [2.05, 4.69) is 5.32 Å². The van der Waals surface area contributed by atoms with E-state index in [-0.39, 0.29) is 13.0 Å². The summed E-state index contributed by atoms with van der Waals surface area (Å²) < 4.78 is 35.5. The van der Waals surface area contributed by atoms with E-state index in [1.807, 2.05) is 0 Å². The molecule has 0 spiro atoms. The van der Waals surface area contributed by atoms with Crippen LogP contribution >= 0.6 is 0 Å². The number of carbonyl (C=O) groups is 1. The molecule has 1 aliphatic heterocycles. The molecule has 0 saturated carbocycles. The average Bonchev–Trinajstić information content (AvgIpc) is 2.32. The number of aliphatic hydroxyl groups is 1. The molecule has 0 aromatic carbocycles. The number of alkyl halides is 3. The van der Waals surface area contributed by atoms with E-state index in [1.165, 1.54) is 0 Å². The van der Waals surface area contributed by atoms with Crippen molar-refractivity contribution in [3.63, 3.8) is 0 Å². The number of rotatable bonds is 1. The van der Waals surface area contributed by atoms with Gasteiger partial charge in [-0.2, -0.15) is 13.2 Å². The second kappa shape index (κ2) is 2.93. The lowest BCUT2D eigenvalue weighted by atomic mass is 10.0. The maximum atomic E-state index is 11.8. The van der Waals surface area contributed by atoms with E-state index in [9.17, 15) is 18.0 Å². The van der Waals surface area contributed by atoms with Gasteiger partial charge in [-0.25, -0.2) is 0 Å². The van der Waals surface area contributed by atoms with Crippen LogP contribution in [0.4, 0.5) is 13.2 Å². The number of nitrogens with one attached hydrogen (secondary N) is 1. The zero-order chi connectivity index (χ0) is 9.35. The molecule has 1 heterocycles. The van der Waals surface area contributed by atoms with Crippen LogP contribution in [0.1, 0.15) is 6.42 Å². The topological polar surface area (TPSA) is 49.3 Å². The van der Waals surface area contributed by atoms with Crippen molar-refractivity contribution in [3.8, 4) is 0 Å². The van der Waals surface area contributed by atoms with Gasteiger partial charge in [-0.05, 0) is 0 Å². The van der Waals surface area contributed by atoms with Crippen LogP contribution in [0.15, 0.2) is 0 Å². The van der Waals surface area contributed by atoms with E-state index in [1.54, 1.807) is 0 Å². The van der Waals surface area contributed by atoms with E-state index >= 15 is 0 Å². The Balaban J connectivity index is 2.54. The highest BCUT2D eigenvalue weighted by atomic mass is 19.4. The number of hydrogen-bond acceptors (Lipinski definition) is 2. The third kappa shape index (κ3) is 1.88. The first kappa shape index (κ1) is 9.31. The molecule has 2 atom stereocenters. The minimum absolute atomic E-state index is 0.0977. The van der Waals surface area contributed by atoms with Gasteiger partial charge in [0.05, 0.1) is 0 Å². The van der Waals surface area contributed by atoms with Crippen molar-refractivity contribution in [3.05, 3.63) is 0 Å². The Bertz CT molecular complexity index is 192. The van der Waals surface area contributed by atoms with Gasteiger partial charge in [0.1, 0.15) is 0 Å². The summed E-state index contributed by atoms with van der Waals surface area (Å²) in [6.07, 6.45) is -7.27. The highest BCUT2D eigenvalue weighted by Gasteiger charge is 2.45. The molecule has 1 saturated heterocycles. The highest BCUT2D eigenvalue weighted by molar-refractivity contribution is 5.78. The van der Waals surface area contributed by atoms with Crippen LogP contribution in [-0.4, -0.2) is 29.8 Å². The molecule has 2 N–H and O–H groups in total. The second-order valence-electron chi connectivity index (χ2n) is 2.75. The summed E-state index contributed by atoms with van der Waals surface area (Å²) in [5, 5.41) is 10.9. The Labute approximate surface area is 66.6 Å².